The zero-order valence-corrected chi connectivity index (χ0v) is 11.8. The van der Waals surface area contributed by atoms with Gasteiger partial charge in [0.15, 0.2) is 0 Å². The molecule has 0 heteroatoms. The molecule has 0 unspecified atom stereocenters. The highest BCUT2D eigenvalue weighted by Gasteiger charge is 2.30. The summed E-state index contributed by atoms with van der Waals surface area (Å²) < 4.78 is 0. The van der Waals surface area contributed by atoms with Gasteiger partial charge in [-0.3, -0.25) is 0 Å². The van der Waals surface area contributed by atoms with Gasteiger partial charge in [0.05, 0.1) is 0 Å². The van der Waals surface area contributed by atoms with Gasteiger partial charge in [-0.2, -0.15) is 0 Å². The summed E-state index contributed by atoms with van der Waals surface area (Å²) in [5.74, 6) is 0. The quantitative estimate of drug-likeness (QED) is 0.625. The van der Waals surface area contributed by atoms with Gasteiger partial charge in [0.25, 0.3) is 0 Å². The zero-order chi connectivity index (χ0) is 12.8. The maximum Gasteiger partial charge on any atom is -0.0103 e. The lowest BCUT2D eigenvalue weighted by Crippen LogP contribution is -2.22. The summed E-state index contributed by atoms with van der Waals surface area (Å²) in [6, 6.07) is 11.7. The van der Waals surface area contributed by atoms with Crippen molar-refractivity contribution in [1.29, 1.82) is 0 Å². The minimum atomic E-state index is 0.599. The second-order valence-corrected chi connectivity index (χ2v) is 5.71. The van der Waals surface area contributed by atoms with Crippen LogP contribution in [0.1, 0.15) is 64.4 Å². The van der Waals surface area contributed by atoms with Gasteiger partial charge in [0, 0.05) is 0 Å². The molecule has 1 aromatic carbocycles. The molecule has 1 aromatic rings. The molecule has 0 aliphatic heterocycles. The number of hydrogen-bond donors (Lipinski definition) is 0. The monoisotopic (exact) mass is 241 g/mol. The first-order valence-electron chi connectivity index (χ1n) is 7.46. The third kappa shape index (κ3) is 3.04. The third-order valence-electron chi connectivity index (χ3n) is 4.32. The largest absolute Gasteiger partial charge is 0.0801 e. The Morgan fingerprint density at radius 3 is 2.44 bits per heavy atom. The lowest BCUT2D eigenvalue weighted by Gasteiger charge is -2.36. The van der Waals surface area contributed by atoms with Crippen molar-refractivity contribution in [2.75, 3.05) is 0 Å². The Kier molecular flexibility index (Phi) is 4.63. The highest BCUT2D eigenvalue weighted by molar-refractivity contribution is 5.65. The average molecular weight is 241 g/mol. The van der Waals surface area contributed by atoms with Crippen LogP contribution >= 0.6 is 0 Å². The zero-order valence-electron chi connectivity index (χ0n) is 11.8. The van der Waals surface area contributed by atoms with Crippen molar-refractivity contribution >= 4 is 5.57 Å². The fourth-order valence-corrected chi connectivity index (χ4v) is 3.42. The smallest absolute Gasteiger partial charge is 0.0103 e. The topological polar surface area (TPSA) is 0 Å². The van der Waals surface area contributed by atoms with E-state index in [1.807, 2.05) is 12.1 Å². The molecule has 18 heavy (non-hydrogen) atoms. The highest BCUT2D eigenvalue weighted by atomic mass is 14.3. The van der Waals surface area contributed by atoms with Gasteiger partial charge in [0.2, 0.25) is 0 Å². The predicted molar refractivity (Wildman–Crippen MR) is 79.4 cm³/mol. The fraction of sp³-hybridized carbons (Fsp3) is 0.556. The summed E-state index contributed by atoms with van der Waals surface area (Å²) in [5.41, 5.74) is 3.42. The van der Waals surface area contributed by atoms with Gasteiger partial charge in [-0.1, -0.05) is 57.0 Å². The molecule has 1 aliphatic carbocycles. The maximum absolute atomic E-state index is 3.36. The Morgan fingerprint density at radius 2 is 1.94 bits per heavy atom. The molecule has 1 radical (unpaired) electrons. The van der Waals surface area contributed by atoms with E-state index in [2.05, 4.69) is 38.1 Å². The van der Waals surface area contributed by atoms with Crippen molar-refractivity contribution < 1.29 is 0 Å². The van der Waals surface area contributed by atoms with E-state index >= 15 is 0 Å². The van der Waals surface area contributed by atoms with Crippen LogP contribution in [0.15, 0.2) is 30.3 Å². The van der Waals surface area contributed by atoms with Crippen LogP contribution in [0.5, 0.6) is 0 Å². The molecule has 0 bridgehead atoms. The first-order chi connectivity index (χ1) is 8.79. The minimum absolute atomic E-state index is 0.599. The van der Waals surface area contributed by atoms with E-state index in [1.54, 1.807) is 0 Å². The number of allylic oxidation sites excluding steroid dienone is 2. The molecule has 1 aliphatic rings. The van der Waals surface area contributed by atoms with Crippen molar-refractivity contribution in [2.24, 2.45) is 5.41 Å². The van der Waals surface area contributed by atoms with Crippen LogP contribution in [0.25, 0.3) is 5.57 Å². The van der Waals surface area contributed by atoms with E-state index in [9.17, 15) is 0 Å². The van der Waals surface area contributed by atoms with Crippen molar-refractivity contribution in [1.82, 2.24) is 0 Å². The molecule has 0 nitrogen and oxygen atoms in total. The highest BCUT2D eigenvalue weighted by Crippen LogP contribution is 2.45. The van der Waals surface area contributed by atoms with Gasteiger partial charge < -0.3 is 0 Å². The van der Waals surface area contributed by atoms with Crippen LogP contribution in [-0.4, -0.2) is 0 Å². The molecule has 0 fully saturated rings. The van der Waals surface area contributed by atoms with E-state index < -0.39 is 0 Å². The summed E-state index contributed by atoms with van der Waals surface area (Å²) in [6.45, 7) is 4.64. The van der Waals surface area contributed by atoms with Gasteiger partial charge in [-0.05, 0) is 54.7 Å². The standard InChI is InChI=1S/C18H25/c1-3-12-18(13-4-2)14-10-17(11-15-18)16-8-6-5-7-9-16/h5-8,10H,3-4,11-15H2,1-2H3. The minimum Gasteiger partial charge on any atom is -0.0801 e. The first-order valence-corrected chi connectivity index (χ1v) is 7.46. The molecular weight excluding hydrogens is 216 g/mol. The fourth-order valence-electron chi connectivity index (χ4n) is 3.42. The van der Waals surface area contributed by atoms with Crippen molar-refractivity contribution in [3.63, 3.8) is 0 Å². The summed E-state index contributed by atoms with van der Waals surface area (Å²) in [5, 5.41) is 0. The van der Waals surface area contributed by atoms with Crippen LogP contribution in [-0.2, 0) is 0 Å². The summed E-state index contributed by atoms with van der Waals surface area (Å²) in [4.78, 5) is 0. The van der Waals surface area contributed by atoms with Crippen LogP contribution in [0, 0.1) is 11.5 Å². The van der Waals surface area contributed by atoms with Crippen LogP contribution < -0.4 is 0 Å². The Morgan fingerprint density at radius 1 is 1.17 bits per heavy atom. The average Bonchev–Trinajstić information content (AvgIpc) is 2.41. The molecule has 0 heterocycles. The number of rotatable bonds is 5. The molecule has 2 rings (SSSR count). The van der Waals surface area contributed by atoms with E-state index in [1.165, 1.54) is 56.1 Å². The lowest BCUT2D eigenvalue weighted by atomic mass is 9.69. The SMILES string of the molecule is CCCC1(CCC)CC=C(c2[c]cccc2)CC1. The van der Waals surface area contributed by atoms with E-state index in [-0.39, 0.29) is 0 Å². The molecule has 0 spiro atoms. The molecule has 97 valence electrons. The second-order valence-electron chi connectivity index (χ2n) is 5.71. The summed E-state index contributed by atoms with van der Waals surface area (Å²) in [7, 11) is 0. The molecule has 0 saturated heterocycles. The maximum atomic E-state index is 3.36. The number of benzene rings is 1. The summed E-state index contributed by atoms with van der Waals surface area (Å²) in [6.07, 6.45) is 11.8. The normalized spacial score (nSPS) is 18.4. The Hall–Kier alpha value is -1.04. The molecule has 0 aromatic heterocycles. The van der Waals surface area contributed by atoms with Crippen molar-refractivity contribution in [2.45, 2.75) is 58.8 Å². The second kappa shape index (κ2) is 6.22. The first kappa shape index (κ1) is 13.4. The Bertz CT molecular complexity index is 380. The van der Waals surface area contributed by atoms with E-state index in [0.717, 1.165) is 0 Å². The predicted octanol–water partition coefficient (Wildman–Crippen LogP) is 5.64. The molecule has 0 amide bonds. The van der Waals surface area contributed by atoms with Gasteiger partial charge in [-0.25, -0.2) is 0 Å². The molecule has 0 atom stereocenters. The third-order valence-corrected chi connectivity index (χ3v) is 4.32. The lowest BCUT2D eigenvalue weighted by molar-refractivity contribution is 0.213. The van der Waals surface area contributed by atoms with E-state index in [0.29, 0.717) is 5.41 Å². The van der Waals surface area contributed by atoms with E-state index in [4.69, 9.17) is 0 Å². The van der Waals surface area contributed by atoms with Crippen LogP contribution in [0.4, 0.5) is 0 Å². The van der Waals surface area contributed by atoms with Gasteiger partial charge in [-0.15, -0.1) is 0 Å². The number of hydrogen-bond acceptors (Lipinski definition) is 0. The van der Waals surface area contributed by atoms with Crippen molar-refractivity contribution in [3.8, 4) is 0 Å². The van der Waals surface area contributed by atoms with Gasteiger partial charge in [0.1, 0.15) is 0 Å². The van der Waals surface area contributed by atoms with Gasteiger partial charge >= 0.3 is 0 Å². The molecule has 0 N–H and O–H groups in total. The summed E-state index contributed by atoms with van der Waals surface area (Å²) >= 11 is 0. The van der Waals surface area contributed by atoms with Crippen molar-refractivity contribution in [3.05, 3.63) is 42.0 Å². The Balaban J connectivity index is 2.10. The molecular formula is C18H25. The molecule has 0 saturated carbocycles. The Labute approximate surface area is 112 Å². The van der Waals surface area contributed by atoms with Crippen LogP contribution in [0.3, 0.4) is 0 Å². The van der Waals surface area contributed by atoms with Crippen LogP contribution in [0.2, 0.25) is 0 Å².